The Morgan fingerprint density at radius 1 is 1.50 bits per heavy atom. The van der Waals surface area contributed by atoms with Crippen LogP contribution in [0.4, 0.5) is 0 Å². The van der Waals surface area contributed by atoms with Crippen LogP contribution in [0, 0.1) is 0 Å². The molecule has 0 aliphatic heterocycles. The van der Waals surface area contributed by atoms with E-state index in [0.29, 0.717) is 38.4 Å². The largest absolute Gasteiger partial charge is 0.379 e. The maximum atomic E-state index is 12.4. The van der Waals surface area contributed by atoms with Crippen molar-refractivity contribution in [1.29, 1.82) is 0 Å². The van der Waals surface area contributed by atoms with Gasteiger partial charge in [-0.25, -0.2) is 0 Å². The van der Waals surface area contributed by atoms with Gasteiger partial charge in [-0.2, -0.15) is 5.21 Å². The number of ether oxygens (including phenoxy) is 1. The molecule has 0 atom stereocenters. The number of nitrogens with one attached hydrogen (secondary N) is 2. The van der Waals surface area contributed by atoms with E-state index in [1.807, 2.05) is 12.2 Å². The molecule has 20 heavy (non-hydrogen) atoms. The summed E-state index contributed by atoms with van der Waals surface area (Å²) in [6.07, 6.45) is 7.73. The first-order chi connectivity index (χ1) is 9.79. The van der Waals surface area contributed by atoms with Crippen LogP contribution in [0.25, 0.3) is 0 Å². The molecule has 0 bridgehead atoms. The van der Waals surface area contributed by atoms with Crippen LogP contribution in [0.3, 0.4) is 0 Å². The molecule has 0 aromatic carbocycles. The van der Waals surface area contributed by atoms with Crippen LogP contribution < -0.4 is 5.32 Å². The highest BCUT2D eigenvalue weighted by Gasteiger charge is 2.44. The Morgan fingerprint density at radius 3 is 2.95 bits per heavy atom. The van der Waals surface area contributed by atoms with Crippen molar-refractivity contribution >= 4 is 5.91 Å². The Balaban J connectivity index is 1.85. The highest BCUT2D eigenvalue weighted by molar-refractivity contribution is 5.88. The number of hydrogen-bond acceptors (Lipinski definition) is 5. The second kappa shape index (κ2) is 6.95. The van der Waals surface area contributed by atoms with Crippen molar-refractivity contribution in [2.45, 2.75) is 24.7 Å². The highest BCUT2D eigenvalue weighted by Crippen LogP contribution is 2.34. The summed E-state index contributed by atoms with van der Waals surface area (Å²) in [5.74, 6) is 0.351. The zero-order valence-corrected chi connectivity index (χ0v) is 11.3. The normalized spacial score (nSPS) is 16.2. The number of carbonyl (C=O) groups is 1. The molecule has 0 spiro atoms. The Hall–Kier alpha value is -2.02. The van der Waals surface area contributed by atoms with Gasteiger partial charge in [-0.15, -0.1) is 16.8 Å². The van der Waals surface area contributed by atoms with Crippen LogP contribution in [-0.4, -0.2) is 46.3 Å². The number of hydrogen-bond donors (Lipinski definition) is 2. The Morgan fingerprint density at radius 2 is 2.30 bits per heavy atom. The maximum Gasteiger partial charge on any atom is 0.234 e. The van der Waals surface area contributed by atoms with Crippen molar-refractivity contribution in [1.82, 2.24) is 25.9 Å². The monoisotopic (exact) mass is 277 g/mol. The fraction of sp³-hybridized carbons (Fsp3) is 0.538. The zero-order chi connectivity index (χ0) is 14.3. The lowest BCUT2D eigenvalue weighted by Gasteiger charge is -2.23. The van der Waals surface area contributed by atoms with Gasteiger partial charge in [0, 0.05) is 6.54 Å². The molecule has 2 rings (SSSR count). The Kier molecular flexibility index (Phi) is 5.00. The summed E-state index contributed by atoms with van der Waals surface area (Å²) in [7, 11) is 0. The summed E-state index contributed by atoms with van der Waals surface area (Å²) >= 11 is 0. The van der Waals surface area contributed by atoms with Crippen LogP contribution in [0.15, 0.2) is 24.8 Å². The van der Waals surface area contributed by atoms with Gasteiger partial charge in [0.15, 0.2) is 5.82 Å². The minimum Gasteiger partial charge on any atom is -0.379 e. The van der Waals surface area contributed by atoms with Crippen molar-refractivity contribution in [3.05, 3.63) is 30.6 Å². The van der Waals surface area contributed by atoms with E-state index in [2.05, 4.69) is 32.5 Å². The number of nitrogens with zero attached hydrogens (tertiary/aromatic N) is 3. The van der Waals surface area contributed by atoms with Crippen LogP contribution in [-0.2, 0) is 14.9 Å². The van der Waals surface area contributed by atoms with Gasteiger partial charge in [-0.1, -0.05) is 23.4 Å². The van der Waals surface area contributed by atoms with Gasteiger partial charge < -0.3 is 10.1 Å². The Bertz CT molecular complexity index is 461. The van der Waals surface area contributed by atoms with E-state index in [1.165, 1.54) is 0 Å². The van der Waals surface area contributed by atoms with Gasteiger partial charge in [0.1, 0.15) is 5.41 Å². The summed E-state index contributed by atoms with van der Waals surface area (Å²) in [5, 5.41) is 16.8. The first-order valence-electron chi connectivity index (χ1n) is 6.65. The molecule has 0 saturated heterocycles. The molecule has 1 aliphatic rings. The first kappa shape index (κ1) is 14.4. The van der Waals surface area contributed by atoms with E-state index in [0.717, 1.165) is 6.42 Å². The third kappa shape index (κ3) is 3.11. The van der Waals surface area contributed by atoms with Crippen LogP contribution in [0.2, 0.25) is 0 Å². The fourth-order valence-electron chi connectivity index (χ4n) is 2.16. The first-order valence-corrected chi connectivity index (χ1v) is 6.65. The SMILES string of the molecule is C=CCCOCCNC(=O)C1(c2nn[nH]n2)CC=CC1. The zero-order valence-electron chi connectivity index (χ0n) is 11.3. The maximum absolute atomic E-state index is 12.4. The predicted molar refractivity (Wildman–Crippen MR) is 72.9 cm³/mol. The molecule has 108 valence electrons. The molecule has 2 N–H and O–H groups in total. The molecule has 1 aliphatic carbocycles. The number of aromatic nitrogens is 4. The molecular formula is C13H19N5O2. The van der Waals surface area contributed by atoms with Crippen LogP contribution >= 0.6 is 0 Å². The molecule has 0 radical (unpaired) electrons. The van der Waals surface area contributed by atoms with E-state index in [9.17, 15) is 4.79 Å². The molecule has 1 amide bonds. The second-order valence-corrected chi connectivity index (χ2v) is 4.64. The third-order valence-corrected chi connectivity index (χ3v) is 3.31. The van der Waals surface area contributed by atoms with Crippen molar-refractivity contribution < 1.29 is 9.53 Å². The molecule has 7 heteroatoms. The van der Waals surface area contributed by atoms with Crippen LogP contribution in [0.1, 0.15) is 25.1 Å². The van der Waals surface area contributed by atoms with Gasteiger partial charge in [0.05, 0.1) is 13.2 Å². The van der Waals surface area contributed by atoms with Gasteiger partial charge in [0.25, 0.3) is 0 Å². The summed E-state index contributed by atoms with van der Waals surface area (Å²) in [6.45, 7) is 5.19. The lowest BCUT2D eigenvalue weighted by atomic mass is 9.83. The number of aromatic amines is 1. The summed E-state index contributed by atoms with van der Waals surface area (Å²) < 4.78 is 5.36. The van der Waals surface area contributed by atoms with E-state index < -0.39 is 5.41 Å². The average molecular weight is 277 g/mol. The molecule has 1 aromatic rings. The standard InChI is InChI=1S/C13H19N5O2/c1-2-3-9-20-10-8-14-12(19)13(6-4-5-7-13)11-15-17-18-16-11/h2,4-5H,1,3,6-10H2,(H,14,19)(H,15,16,17,18). The molecular weight excluding hydrogens is 258 g/mol. The lowest BCUT2D eigenvalue weighted by Crippen LogP contribution is -2.44. The molecule has 1 aromatic heterocycles. The smallest absolute Gasteiger partial charge is 0.234 e. The van der Waals surface area contributed by atoms with E-state index in [-0.39, 0.29) is 5.91 Å². The van der Waals surface area contributed by atoms with Crippen molar-refractivity contribution in [3.63, 3.8) is 0 Å². The van der Waals surface area contributed by atoms with E-state index >= 15 is 0 Å². The second-order valence-electron chi connectivity index (χ2n) is 4.64. The predicted octanol–water partition coefficient (Wildman–Crippen LogP) is 0.496. The molecule has 0 unspecified atom stereocenters. The molecule has 7 nitrogen and oxygen atoms in total. The number of amides is 1. The minimum absolute atomic E-state index is 0.0868. The van der Waals surface area contributed by atoms with Gasteiger partial charge in [-0.3, -0.25) is 4.79 Å². The van der Waals surface area contributed by atoms with E-state index in [1.54, 1.807) is 6.08 Å². The number of tetrazole rings is 1. The van der Waals surface area contributed by atoms with Crippen molar-refractivity contribution in [2.75, 3.05) is 19.8 Å². The third-order valence-electron chi connectivity index (χ3n) is 3.31. The van der Waals surface area contributed by atoms with Gasteiger partial charge >= 0.3 is 0 Å². The number of carbonyl (C=O) groups excluding carboxylic acids is 1. The summed E-state index contributed by atoms with van der Waals surface area (Å²) in [4.78, 5) is 12.4. The molecule has 1 heterocycles. The van der Waals surface area contributed by atoms with Gasteiger partial charge in [-0.05, 0) is 19.3 Å². The summed E-state index contributed by atoms with van der Waals surface area (Å²) in [6, 6.07) is 0. The highest BCUT2D eigenvalue weighted by atomic mass is 16.5. The van der Waals surface area contributed by atoms with Crippen molar-refractivity contribution in [3.8, 4) is 0 Å². The van der Waals surface area contributed by atoms with Crippen molar-refractivity contribution in [2.24, 2.45) is 0 Å². The Labute approximate surface area is 117 Å². The minimum atomic E-state index is -0.728. The number of allylic oxidation sites excluding steroid dienone is 2. The summed E-state index contributed by atoms with van der Waals surface area (Å²) in [5.41, 5.74) is -0.728. The quantitative estimate of drug-likeness (QED) is 0.533. The van der Waals surface area contributed by atoms with Gasteiger partial charge in [0.2, 0.25) is 5.91 Å². The molecule has 0 saturated carbocycles. The van der Waals surface area contributed by atoms with E-state index in [4.69, 9.17) is 4.74 Å². The lowest BCUT2D eigenvalue weighted by molar-refractivity contribution is -0.127. The molecule has 0 fully saturated rings. The number of H-pyrrole nitrogens is 1. The fourth-order valence-corrected chi connectivity index (χ4v) is 2.16. The topological polar surface area (TPSA) is 92.8 Å². The average Bonchev–Trinajstić information content (AvgIpc) is 3.13. The number of rotatable bonds is 8. The van der Waals surface area contributed by atoms with Crippen LogP contribution in [0.5, 0.6) is 0 Å².